The summed E-state index contributed by atoms with van der Waals surface area (Å²) < 4.78 is 0. The summed E-state index contributed by atoms with van der Waals surface area (Å²) in [6.07, 6.45) is 3.92. The molecule has 0 aromatic carbocycles. The first-order valence-corrected chi connectivity index (χ1v) is 6.53. The lowest BCUT2D eigenvalue weighted by molar-refractivity contribution is 0.196. The Morgan fingerprint density at radius 3 is 2.62 bits per heavy atom. The lowest BCUT2D eigenvalue weighted by Crippen LogP contribution is -2.38. The molecule has 0 bridgehead atoms. The van der Waals surface area contributed by atoms with Gasteiger partial charge >= 0.3 is 0 Å². The Balaban J connectivity index is 2.22. The van der Waals surface area contributed by atoms with Gasteiger partial charge in [0.15, 0.2) is 0 Å². The lowest BCUT2D eigenvalue weighted by Gasteiger charge is -2.29. The lowest BCUT2D eigenvalue weighted by atomic mass is 9.89. The zero-order chi connectivity index (χ0) is 12.2. The third-order valence-electron chi connectivity index (χ3n) is 3.92. The number of rotatable bonds is 6. The Morgan fingerprint density at radius 1 is 1.44 bits per heavy atom. The minimum atomic E-state index is 0.288. The topological polar surface area (TPSA) is 32.5 Å². The highest BCUT2D eigenvalue weighted by molar-refractivity contribution is 4.79. The maximum absolute atomic E-state index is 5.75. The van der Waals surface area contributed by atoms with E-state index in [0.717, 1.165) is 19.1 Å². The number of hydrogen-bond donors (Lipinski definition) is 1. The first kappa shape index (κ1) is 13.9. The van der Waals surface area contributed by atoms with Gasteiger partial charge in [-0.15, -0.1) is 0 Å². The van der Waals surface area contributed by atoms with Crippen LogP contribution in [0.3, 0.4) is 0 Å². The molecule has 1 unspecified atom stereocenters. The highest BCUT2D eigenvalue weighted by Gasteiger charge is 2.23. The van der Waals surface area contributed by atoms with Gasteiger partial charge in [-0.2, -0.15) is 0 Å². The molecule has 0 radical (unpaired) electrons. The Kier molecular flexibility index (Phi) is 5.22. The zero-order valence-corrected chi connectivity index (χ0v) is 11.5. The van der Waals surface area contributed by atoms with Crippen LogP contribution < -0.4 is 5.73 Å². The molecule has 1 heterocycles. The minimum Gasteiger partial charge on any atom is -0.330 e. The number of likely N-dealkylation sites (tertiary alicyclic amines) is 1. The monoisotopic (exact) mass is 227 g/mol. The summed E-state index contributed by atoms with van der Waals surface area (Å²) in [4.78, 5) is 4.95. The second-order valence-electron chi connectivity index (χ2n) is 6.16. The van der Waals surface area contributed by atoms with E-state index in [9.17, 15) is 0 Å². The smallest absolute Gasteiger partial charge is 0.0220 e. The van der Waals surface area contributed by atoms with E-state index in [4.69, 9.17) is 5.73 Å². The quantitative estimate of drug-likeness (QED) is 0.744. The summed E-state index contributed by atoms with van der Waals surface area (Å²) >= 11 is 0. The molecule has 1 rings (SSSR count). The van der Waals surface area contributed by atoms with Crippen LogP contribution >= 0.6 is 0 Å². The minimum absolute atomic E-state index is 0.288. The van der Waals surface area contributed by atoms with Crippen molar-refractivity contribution in [2.75, 3.05) is 40.3 Å². The van der Waals surface area contributed by atoms with Gasteiger partial charge in [-0.05, 0) is 58.4 Å². The Labute approximate surface area is 101 Å². The molecule has 96 valence electrons. The fourth-order valence-electron chi connectivity index (χ4n) is 2.26. The van der Waals surface area contributed by atoms with E-state index < -0.39 is 0 Å². The van der Waals surface area contributed by atoms with Crippen molar-refractivity contribution in [2.24, 2.45) is 11.1 Å². The van der Waals surface area contributed by atoms with E-state index in [1.165, 1.54) is 32.4 Å². The Bertz CT molecular complexity index is 203. The fraction of sp³-hybridized carbons (Fsp3) is 1.00. The molecule has 0 aromatic heterocycles. The molecule has 3 heteroatoms. The highest BCUT2D eigenvalue weighted by Crippen LogP contribution is 2.19. The van der Waals surface area contributed by atoms with Gasteiger partial charge < -0.3 is 15.5 Å². The molecular weight excluding hydrogens is 198 g/mol. The summed E-state index contributed by atoms with van der Waals surface area (Å²) in [6.45, 7) is 8.92. The summed E-state index contributed by atoms with van der Waals surface area (Å²) in [6, 6.07) is 0.769. The molecule has 1 aliphatic rings. The van der Waals surface area contributed by atoms with Gasteiger partial charge in [0, 0.05) is 12.6 Å². The molecule has 1 fully saturated rings. The van der Waals surface area contributed by atoms with Gasteiger partial charge in [-0.3, -0.25) is 0 Å². The van der Waals surface area contributed by atoms with E-state index in [-0.39, 0.29) is 5.41 Å². The molecule has 0 saturated carbocycles. The molecule has 0 aliphatic carbocycles. The molecule has 0 spiro atoms. The summed E-state index contributed by atoms with van der Waals surface area (Å²) in [5.74, 6) is 0. The van der Waals surface area contributed by atoms with E-state index in [0.29, 0.717) is 0 Å². The maximum atomic E-state index is 5.75. The largest absolute Gasteiger partial charge is 0.330 e. The van der Waals surface area contributed by atoms with Gasteiger partial charge in [-0.25, -0.2) is 0 Å². The molecule has 16 heavy (non-hydrogen) atoms. The second kappa shape index (κ2) is 5.99. The van der Waals surface area contributed by atoms with E-state index in [1.807, 2.05) is 0 Å². The van der Waals surface area contributed by atoms with Crippen molar-refractivity contribution in [1.82, 2.24) is 9.80 Å². The van der Waals surface area contributed by atoms with Crippen molar-refractivity contribution in [1.29, 1.82) is 0 Å². The van der Waals surface area contributed by atoms with Gasteiger partial charge in [0.05, 0.1) is 0 Å². The van der Waals surface area contributed by atoms with E-state index in [2.05, 4.69) is 37.7 Å². The standard InChI is InChI=1S/C13H29N3/c1-13(2,11-14)7-9-15(3)10-12-6-5-8-16(12)4/h12H,5-11,14H2,1-4H3. The SMILES string of the molecule is CN(CCC(C)(C)CN)CC1CCCN1C. The Hall–Kier alpha value is -0.120. The highest BCUT2D eigenvalue weighted by atomic mass is 15.2. The fourth-order valence-corrected chi connectivity index (χ4v) is 2.26. The second-order valence-corrected chi connectivity index (χ2v) is 6.16. The van der Waals surface area contributed by atoms with Gasteiger partial charge in [0.25, 0.3) is 0 Å². The molecule has 3 nitrogen and oxygen atoms in total. The van der Waals surface area contributed by atoms with E-state index in [1.54, 1.807) is 0 Å². The van der Waals surface area contributed by atoms with Gasteiger partial charge in [-0.1, -0.05) is 13.8 Å². The third kappa shape index (κ3) is 4.40. The van der Waals surface area contributed by atoms with Gasteiger partial charge in [0.1, 0.15) is 0 Å². The molecule has 1 aliphatic heterocycles. The predicted octanol–water partition coefficient (Wildman–Crippen LogP) is 1.39. The number of hydrogen-bond acceptors (Lipinski definition) is 3. The molecule has 1 saturated heterocycles. The van der Waals surface area contributed by atoms with Crippen LogP contribution in [0.4, 0.5) is 0 Å². The van der Waals surface area contributed by atoms with Crippen LogP contribution in [-0.4, -0.2) is 56.1 Å². The Morgan fingerprint density at radius 2 is 2.12 bits per heavy atom. The van der Waals surface area contributed by atoms with Crippen molar-refractivity contribution in [3.63, 3.8) is 0 Å². The van der Waals surface area contributed by atoms with E-state index >= 15 is 0 Å². The number of nitrogens with zero attached hydrogens (tertiary/aromatic N) is 2. The molecule has 0 amide bonds. The van der Waals surface area contributed by atoms with Gasteiger partial charge in [0.2, 0.25) is 0 Å². The van der Waals surface area contributed by atoms with Crippen molar-refractivity contribution < 1.29 is 0 Å². The number of likely N-dealkylation sites (N-methyl/N-ethyl adjacent to an activating group) is 2. The molecule has 1 atom stereocenters. The predicted molar refractivity (Wildman–Crippen MR) is 70.6 cm³/mol. The zero-order valence-electron chi connectivity index (χ0n) is 11.5. The summed E-state index contributed by atoms with van der Waals surface area (Å²) in [5.41, 5.74) is 6.04. The summed E-state index contributed by atoms with van der Waals surface area (Å²) in [7, 11) is 4.48. The van der Waals surface area contributed by atoms with Crippen LogP contribution in [-0.2, 0) is 0 Å². The average molecular weight is 227 g/mol. The van der Waals surface area contributed by atoms with Crippen molar-refractivity contribution >= 4 is 0 Å². The first-order valence-electron chi connectivity index (χ1n) is 6.53. The normalized spacial score (nSPS) is 23.2. The third-order valence-corrected chi connectivity index (χ3v) is 3.92. The van der Waals surface area contributed by atoms with Crippen LogP contribution in [0.15, 0.2) is 0 Å². The van der Waals surface area contributed by atoms with Crippen LogP contribution in [0.2, 0.25) is 0 Å². The van der Waals surface area contributed by atoms with Crippen molar-refractivity contribution in [3.05, 3.63) is 0 Å². The van der Waals surface area contributed by atoms with Crippen molar-refractivity contribution in [3.8, 4) is 0 Å². The number of nitrogens with two attached hydrogens (primary N) is 1. The molecule has 2 N–H and O–H groups in total. The van der Waals surface area contributed by atoms with Crippen LogP contribution in [0.5, 0.6) is 0 Å². The van der Waals surface area contributed by atoms with Crippen molar-refractivity contribution in [2.45, 2.75) is 39.2 Å². The molecular formula is C13H29N3. The maximum Gasteiger partial charge on any atom is 0.0220 e. The van der Waals surface area contributed by atoms with Crippen LogP contribution in [0.1, 0.15) is 33.1 Å². The van der Waals surface area contributed by atoms with Crippen LogP contribution in [0, 0.1) is 5.41 Å². The first-order chi connectivity index (χ1) is 7.44. The average Bonchev–Trinajstić information content (AvgIpc) is 2.62. The summed E-state index contributed by atoms with van der Waals surface area (Å²) in [5, 5.41) is 0. The van der Waals surface area contributed by atoms with Crippen LogP contribution in [0.25, 0.3) is 0 Å². The molecule has 0 aromatic rings.